The molecule has 16 heavy (non-hydrogen) atoms. The summed E-state index contributed by atoms with van der Waals surface area (Å²) in [5, 5.41) is 0. The molecule has 1 fully saturated rings. The Morgan fingerprint density at radius 1 is 1.50 bits per heavy atom. The lowest BCUT2D eigenvalue weighted by molar-refractivity contribution is 0.302. The van der Waals surface area contributed by atoms with Crippen LogP contribution in [0.2, 0.25) is 0 Å². The van der Waals surface area contributed by atoms with Gasteiger partial charge in [-0.1, -0.05) is 25.5 Å². The summed E-state index contributed by atoms with van der Waals surface area (Å²) in [5.74, 6) is 6.53. The third kappa shape index (κ3) is 2.97. The Bertz CT molecular complexity index is 336. The first kappa shape index (κ1) is 11.4. The van der Waals surface area contributed by atoms with E-state index in [0.29, 0.717) is 6.10 Å². The summed E-state index contributed by atoms with van der Waals surface area (Å²) in [5.41, 5.74) is 4.07. The van der Waals surface area contributed by atoms with Gasteiger partial charge in [-0.2, -0.15) is 0 Å². The average molecular weight is 220 g/mol. The van der Waals surface area contributed by atoms with Crippen LogP contribution in [-0.4, -0.2) is 6.10 Å². The maximum atomic E-state index is 5.77. The van der Waals surface area contributed by atoms with E-state index in [4.69, 9.17) is 10.6 Å². The Morgan fingerprint density at radius 2 is 2.31 bits per heavy atom. The van der Waals surface area contributed by atoms with Gasteiger partial charge in [-0.05, 0) is 37.0 Å². The number of nitrogens with two attached hydrogens (primary N) is 1. The van der Waals surface area contributed by atoms with E-state index < -0.39 is 0 Å². The molecule has 1 aliphatic carbocycles. The summed E-state index contributed by atoms with van der Waals surface area (Å²) in [6.45, 7) is 2.16. The molecule has 1 aliphatic rings. The number of nitrogens with one attached hydrogen (secondary N) is 1. The van der Waals surface area contributed by atoms with Gasteiger partial charge in [-0.15, -0.1) is 0 Å². The minimum absolute atomic E-state index is 0.229. The molecular weight excluding hydrogens is 200 g/mol. The molecule has 3 N–H and O–H groups in total. The number of hydrogen-bond donors (Lipinski definition) is 2. The molecule has 2 rings (SSSR count). The van der Waals surface area contributed by atoms with Crippen molar-refractivity contribution in [2.24, 2.45) is 5.84 Å². The molecule has 88 valence electrons. The van der Waals surface area contributed by atoms with E-state index in [9.17, 15) is 0 Å². The lowest BCUT2D eigenvalue weighted by Crippen LogP contribution is -2.27. The standard InChI is InChI=1S/C13H20N2O/c1-2-4-13(15-14)10-5-3-6-12(9-10)16-11-7-8-11/h3,5-6,9,11,13,15H,2,4,7-8,14H2,1H3. The monoisotopic (exact) mass is 220 g/mol. The van der Waals surface area contributed by atoms with Gasteiger partial charge in [-0.25, -0.2) is 0 Å². The molecule has 1 atom stereocenters. The zero-order chi connectivity index (χ0) is 11.4. The molecule has 1 unspecified atom stereocenters. The van der Waals surface area contributed by atoms with Crippen molar-refractivity contribution in [2.45, 2.75) is 44.8 Å². The number of rotatable bonds is 6. The number of hydrazine groups is 1. The highest BCUT2D eigenvalue weighted by Gasteiger charge is 2.23. The second-order valence-electron chi connectivity index (χ2n) is 4.40. The fourth-order valence-corrected chi connectivity index (χ4v) is 1.82. The molecule has 1 saturated carbocycles. The summed E-state index contributed by atoms with van der Waals surface area (Å²) < 4.78 is 5.77. The van der Waals surface area contributed by atoms with Crippen molar-refractivity contribution in [2.75, 3.05) is 0 Å². The van der Waals surface area contributed by atoms with E-state index in [1.165, 1.54) is 18.4 Å². The van der Waals surface area contributed by atoms with Crippen molar-refractivity contribution in [1.82, 2.24) is 5.43 Å². The maximum absolute atomic E-state index is 5.77. The number of hydrogen-bond acceptors (Lipinski definition) is 3. The first-order valence-electron chi connectivity index (χ1n) is 6.06. The molecular formula is C13H20N2O. The van der Waals surface area contributed by atoms with Crippen LogP contribution in [-0.2, 0) is 0 Å². The van der Waals surface area contributed by atoms with Crippen LogP contribution in [0.15, 0.2) is 24.3 Å². The normalized spacial score (nSPS) is 17.1. The van der Waals surface area contributed by atoms with E-state index in [1.807, 2.05) is 12.1 Å². The highest BCUT2D eigenvalue weighted by Crippen LogP contribution is 2.28. The molecule has 1 aromatic carbocycles. The summed E-state index contributed by atoms with van der Waals surface area (Å²) >= 11 is 0. The Labute approximate surface area is 97.0 Å². The Morgan fingerprint density at radius 3 is 2.94 bits per heavy atom. The van der Waals surface area contributed by atoms with Crippen LogP contribution in [0.1, 0.15) is 44.2 Å². The van der Waals surface area contributed by atoms with Gasteiger partial charge >= 0.3 is 0 Å². The van der Waals surface area contributed by atoms with E-state index in [2.05, 4.69) is 24.5 Å². The Balaban J connectivity index is 2.06. The smallest absolute Gasteiger partial charge is 0.120 e. The van der Waals surface area contributed by atoms with Crippen molar-refractivity contribution in [3.8, 4) is 5.75 Å². The molecule has 1 aromatic rings. The van der Waals surface area contributed by atoms with Gasteiger partial charge in [0.2, 0.25) is 0 Å². The zero-order valence-corrected chi connectivity index (χ0v) is 9.78. The average Bonchev–Trinajstić information content (AvgIpc) is 3.10. The minimum Gasteiger partial charge on any atom is -0.490 e. The Kier molecular flexibility index (Phi) is 3.80. The maximum Gasteiger partial charge on any atom is 0.120 e. The molecule has 0 saturated heterocycles. The minimum atomic E-state index is 0.229. The third-order valence-corrected chi connectivity index (χ3v) is 2.87. The SMILES string of the molecule is CCCC(NN)c1cccc(OC2CC2)c1. The van der Waals surface area contributed by atoms with Gasteiger partial charge in [0, 0.05) is 6.04 Å². The largest absolute Gasteiger partial charge is 0.490 e. The van der Waals surface area contributed by atoms with E-state index in [0.717, 1.165) is 18.6 Å². The van der Waals surface area contributed by atoms with Gasteiger partial charge in [0.25, 0.3) is 0 Å². The van der Waals surface area contributed by atoms with E-state index >= 15 is 0 Å². The molecule has 0 amide bonds. The first-order valence-corrected chi connectivity index (χ1v) is 6.06. The molecule has 0 radical (unpaired) electrons. The summed E-state index contributed by atoms with van der Waals surface area (Å²) in [4.78, 5) is 0. The van der Waals surface area contributed by atoms with Crippen LogP contribution in [0, 0.1) is 0 Å². The van der Waals surface area contributed by atoms with Crippen LogP contribution in [0.3, 0.4) is 0 Å². The van der Waals surface area contributed by atoms with Crippen LogP contribution in [0.25, 0.3) is 0 Å². The van der Waals surface area contributed by atoms with Crippen LogP contribution in [0.4, 0.5) is 0 Å². The number of ether oxygens (including phenoxy) is 1. The lowest BCUT2D eigenvalue weighted by atomic mass is 10.0. The Hall–Kier alpha value is -1.06. The van der Waals surface area contributed by atoms with Crippen LogP contribution >= 0.6 is 0 Å². The summed E-state index contributed by atoms with van der Waals surface area (Å²) in [6, 6.07) is 8.47. The molecule has 0 bridgehead atoms. The van der Waals surface area contributed by atoms with Gasteiger partial charge in [0.15, 0.2) is 0 Å². The molecule has 3 heteroatoms. The van der Waals surface area contributed by atoms with Crippen molar-refractivity contribution in [1.29, 1.82) is 0 Å². The van der Waals surface area contributed by atoms with Gasteiger partial charge < -0.3 is 4.74 Å². The second-order valence-corrected chi connectivity index (χ2v) is 4.40. The van der Waals surface area contributed by atoms with E-state index in [-0.39, 0.29) is 6.04 Å². The molecule has 0 heterocycles. The molecule has 3 nitrogen and oxygen atoms in total. The highest BCUT2D eigenvalue weighted by atomic mass is 16.5. The predicted octanol–water partition coefficient (Wildman–Crippen LogP) is 2.53. The summed E-state index contributed by atoms with van der Waals surface area (Å²) in [6.07, 6.45) is 4.99. The van der Waals surface area contributed by atoms with Crippen molar-refractivity contribution in [3.63, 3.8) is 0 Å². The van der Waals surface area contributed by atoms with Crippen LogP contribution in [0.5, 0.6) is 5.75 Å². The fourth-order valence-electron chi connectivity index (χ4n) is 1.82. The van der Waals surface area contributed by atoms with Gasteiger partial charge in [-0.3, -0.25) is 11.3 Å². The van der Waals surface area contributed by atoms with Crippen LogP contribution < -0.4 is 16.0 Å². The highest BCUT2D eigenvalue weighted by molar-refractivity contribution is 5.31. The van der Waals surface area contributed by atoms with Crippen molar-refractivity contribution < 1.29 is 4.74 Å². The van der Waals surface area contributed by atoms with Crippen molar-refractivity contribution in [3.05, 3.63) is 29.8 Å². The fraction of sp³-hybridized carbons (Fsp3) is 0.538. The lowest BCUT2D eigenvalue weighted by Gasteiger charge is -2.16. The topological polar surface area (TPSA) is 47.3 Å². The predicted molar refractivity (Wildman–Crippen MR) is 65.1 cm³/mol. The zero-order valence-electron chi connectivity index (χ0n) is 9.78. The molecule has 0 aromatic heterocycles. The third-order valence-electron chi connectivity index (χ3n) is 2.87. The summed E-state index contributed by atoms with van der Waals surface area (Å²) in [7, 11) is 0. The second kappa shape index (κ2) is 5.32. The quantitative estimate of drug-likeness (QED) is 0.572. The molecule has 0 aliphatic heterocycles. The first-order chi connectivity index (χ1) is 7.83. The van der Waals surface area contributed by atoms with Gasteiger partial charge in [0.1, 0.15) is 5.75 Å². The number of benzene rings is 1. The molecule has 0 spiro atoms. The van der Waals surface area contributed by atoms with Gasteiger partial charge in [0.05, 0.1) is 6.10 Å². The van der Waals surface area contributed by atoms with E-state index in [1.54, 1.807) is 0 Å². The van der Waals surface area contributed by atoms with Crippen molar-refractivity contribution >= 4 is 0 Å².